The van der Waals surface area contributed by atoms with Crippen LogP contribution in [0.1, 0.15) is 44.9 Å². The monoisotopic (exact) mass is 255 g/mol. The van der Waals surface area contributed by atoms with E-state index in [2.05, 4.69) is 0 Å². The summed E-state index contributed by atoms with van der Waals surface area (Å²) >= 11 is 0. The number of methoxy groups -OCH3 is 1. The molecular weight excluding hydrogens is 230 g/mol. The topological polar surface area (TPSA) is 49.8 Å². The van der Waals surface area contributed by atoms with E-state index in [1.807, 2.05) is 4.90 Å². The molecule has 1 aliphatic heterocycles. The van der Waals surface area contributed by atoms with Gasteiger partial charge in [0.25, 0.3) is 0 Å². The van der Waals surface area contributed by atoms with Crippen LogP contribution in [0.3, 0.4) is 0 Å². The highest BCUT2D eigenvalue weighted by Gasteiger charge is 2.35. The molecule has 2 fully saturated rings. The number of hydrogen-bond donors (Lipinski definition) is 1. The SMILES string of the molecule is COCC1CCN(C(=O)CC2(O)CCCC2)CC1. The Balaban J connectivity index is 1.77. The summed E-state index contributed by atoms with van der Waals surface area (Å²) in [7, 11) is 1.73. The van der Waals surface area contributed by atoms with Crippen LogP contribution in [-0.2, 0) is 9.53 Å². The van der Waals surface area contributed by atoms with Crippen LogP contribution in [0.2, 0.25) is 0 Å². The smallest absolute Gasteiger partial charge is 0.225 e. The number of rotatable bonds is 4. The number of piperidine rings is 1. The van der Waals surface area contributed by atoms with Crippen molar-refractivity contribution in [2.45, 2.75) is 50.5 Å². The van der Waals surface area contributed by atoms with Crippen LogP contribution in [0, 0.1) is 5.92 Å². The molecule has 0 atom stereocenters. The Hall–Kier alpha value is -0.610. The van der Waals surface area contributed by atoms with Crippen LogP contribution in [0.25, 0.3) is 0 Å². The van der Waals surface area contributed by atoms with Gasteiger partial charge in [-0.25, -0.2) is 0 Å². The van der Waals surface area contributed by atoms with E-state index >= 15 is 0 Å². The van der Waals surface area contributed by atoms with Gasteiger partial charge in [-0.2, -0.15) is 0 Å². The van der Waals surface area contributed by atoms with Crippen LogP contribution >= 0.6 is 0 Å². The van der Waals surface area contributed by atoms with Crippen LogP contribution in [0.5, 0.6) is 0 Å². The second kappa shape index (κ2) is 6.02. The van der Waals surface area contributed by atoms with Crippen molar-refractivity contribution in [3.63, 3.8) is 0 Å². The summed E-state index contributed by atoms with van der Waals surface area (Å²) in [6.45, 7) is 2.44. The van der Waals surface area contributed by atoms with E-state index in [0.717, 1.165) is 58.2 Å². The summed E-state index contributed by atoms with van der Waals surface area (Å²) < 4.78 is 5.16. The standard InChI is InChI=1S/C14H25NO3/c1-18-11-12-4-8-15(9-5-12)13(16)10-14(17)6-2-3-7-14/h12,17H,2-11H2,1H3. The quantitative estimate of drug-likeness (QED) is 0.829. The molecule has 2 rings (SSSR count). The molecule has 0 radical (unpaired) electrons. The summed E-state index contributed by atoms with van der Waals surface area (Å²) in [6.07, 6.45) is 6.06. The average Bonchev–Trinajstić information content (AvgIpc) is 2.77. The Morgan fingerprint density at radius 3 is 2.50 bits per heavy atom. The molecule has 1 N–H and O–H groups in total. The first-order valence-electron chi connectivity index (χ1n) is 7.12. The fourth-order valence-electron chi connectivity index (χ4n) is 3.19. The molecule has 0 bridgehead atoms. The van der Waals surface area contributed by atoms with Crippen LogP contribution in [0.15, 0.2) is 0 Å². The number of aliphatic hydroxyl groups is 1. The summed E-state index contributed by atoms with van der Waals surface area (Å²) in [4.78, 5) is 14.1. The molecule has 0 unspecified atom stereocenters. The fourth-order valence-corrected chi connectivity index (χ4v) is 3.19. The lowest BCUT2D eigenvalue weighted by Gasteiger charge is -2.33. The van der Waals surface area contributed by atoms with Crippen molar-refractivity contribution in [1.82, 2.24) is 4.90 Å². The molecule has 18 heavy (non-hydrogen) atoms. The van der Waals surface area contributed by atoms with Gasteiger partial charge in [0.1, 0.15) is 0 Å². The summed E-state index contributed by atoms with van der Waals surface area (Å²) in [5.41, 5.74) is -0.708. The number of likely N-dealkylation sites (tertiary alicyclic amines) is 1. The molecule has 0 spiro atoms. The van der Waals surface area contributed by atoms with Gasteiger partial charge in [0.05, 0.1) is 12.0 Å². The van der Waals surface area contributed by atoms with Gasteiger partial charge in [0.2, 0.25) is 5.91 Å². The van der Waals surface area contributed by atoms with E-state index in [9.17, 15) is 9.90 Å². The molecule has 1 aliphatic carbocycles. The number of carbonyl (C=O) groups is 1. The fraction of sp³-hybridized carbons (Fsp3) is 0.929. The highest BCUT2D eigenvalue weighted by molar-refractivity contribution is 5.77. The Morgan fingerprint density at radius 1 is 1.33 bits per heavy atom. The molecule has 1 heterocycles. The largest absolute Gasteiger partial charge is 0.389 e. The summed E-state index contributed by atoms with van der Waals surface area (Å²) in [6, 6.07) is 0. The van der Waals surface area contributed by atoms with Crippen molar-refractivity contribution in [3.05, 3.63) is 0 Å². The number of carbonyl (C=O) groups excluding carboxylic acids is 1. The molecule has 4 heteroatoms. The molecule has 1 saturated heterocycles. The third kappa shape index (κ3) is 3.45. The van der Waals surface area contributed by atoms with Gasteiger partial charge in [-0.05, 0) is 31.6 Å². The first-order valence-corrected chi connectivity index (χ1v) is 7.12. The lowest BCUT2D eigenvalue weighted by atomic mass is 9.94. The lowest BCUT2D eigenvalue weighted by Crippen LogP contribution is -2.42. The number of hydrogen-bond acceptors (Lipinski definition) is 3. The first kappa shape index (κ1) is 13.8. The Kier molecular flexibility index (Phi) is 4.62. The Morgan fingerprint density at radius 2 is 1.94 bits per heavy atom. The zero-order chi connectivity index (χ0) is 13.0. The van der Waals surface area contributed by atoms with Gasteiger partial charge in [0.15, 0.2) is 0 Å². The Bertz CT molecular complexity index is 279. The Labute approximate surface area is 109 Å². The van der Waals surface area contributed by atoms with Gasteiger partial charge < -0.3 is 14.7 Å². The predicted molar refractivity (Wildman–Crippen MR) is 69.2 cm³/mol. The van der Waals surface area contributed by atoms with Crippen LogP contribution in [-0.4, -0.2) is 48.3 Å². The van der Waals surface area contributed by atoms with Crippen molar-refractivity contribution >= 4 is 5.91 Å². The molecule has 104 valence electrons. The molecule has 2 aliphatic rings. The third-order valence-corrected chi connectivity index (χ3v) is 4.38. The minimum Gasteiger partial charge on any atom is -0.389 e. The molecule has 0 aromatic heterocycles. The van der Waals surface area contributed by atoms with E-state index in [-0.39, 0.29) is 5.91 Å². The van der Waals surface area contributed by atoms with E-state index < -0.39 is 5.60 Å². The average molecular weight is 255 g/mol. The minimum absolute atomic E-state index is 0.135. The summed E-state index contributed by atoms with van der Waals surface area (Å²) in [5.74, 6) is 0.726. The highest BCUT2D eigenvalue weighted by atomic mass is 16.5. The van der Waals surface area contributed by atoms with Crippen LogP contribution in [0.4, 0.5) is 0 Å². The van der Waals surface area contributed by atoms with Crippen LogP contribution < -0.4 is 0 Å². The molecule has 4 nitrogen and oxygen atoms in total. The maximum absolute atomic E-state index is 12.2. The zero-order valence-electron chi connectivity index (χ0n) is 11.4. The summed E-state index contributed by atoms with van der Waals surface area (Å²) in [5, 5.41) is 10.3. The van der Waals surface area contributed by atoms with E-state index in [1.54, 1.807) is 7.11 Å². The van der Waals surface area contributed by atoms with Gasteiger partial charge in [-0.15, -0.1) is 0 Å². The molecule has 0 aromatic carbocycles. The van der Waals surface area contributed by atoms with Crippen molar-refractivity contribution in [2.24, 2.45) is 5.92 Å². The highest BCUT2D eigenvalue weighted by Crippen LogP contribution is 2.33. The second-order valence-electron chi connectivity index (χ2n) is 5.89. The van der Waals surface area contributed by atoms with E-state index in [0.29, 0.717) is 12.3 Å². The molecule has 1 saturated carbocycles. The minimum atomic E-state index is -0.708. The predicted octanol–water partition coefficient (Wildman–Crippen LogP) is 1.57. The second-order valence-corrected chi connectivity index (χ2v) is 5.89. The number of nitrogens with zero attached hydrogens (tertiary/aromatic N) is 1. The number of ether oxygens (including phenoxy) is 1. The third-order valence-electron chi connectivity index (χ3n) is 4.38. The lowest BCUT2D eigenvalue weighted by molar-refractivity contribution is -0.137. The van der Waals surface area contributed by atoms with Crippen molar-refractivity contribution in [3.8, 4) is 0 Å². The van der Waals surface area contributed by atoms with Gasteiger partial charge >= 0.3 is 0 Å². The van der Waals surface area contributed by atoms with Gasteiger partial charge in [0, 0.05) is 26.8 Å². The molecule has 1 amide bonds. The van der Waals surface area contributed by atoms with Crippen molar-refractivity contribution in [1.29, 1.82) is 0 Å². The van der Waals surface area contributed by atoms with E-state index in [4.69, 9.17) is 4.74 Å². The van der Waals surface area contributed by atoms with Crippen molar-refractivity contribution < 1.29 is 14.6 Å². The van der Waals surface area contributed by atoms with Gasteiger partial charge in [-0.3, -0.25) is 4.79 Å². The zero-order valence-corrected chi connectivity index (χ0v) is 11.4. The molecule has 0 aromatic rings. The molecular formula is C14H25NO3. The van der Waals surface area contributed by atoms with Crippen molar-refractivity contribution in [2.75, 3.05) is 26.8 Å². The maximum Gasteiger partial charge on any atom is 0.225 e. The maximum atomic E-state index is 12.2. The number of amides is 1. The van der Waals surface area contributed by atoms with Gasteiger partial charge in [-0.1, -0.05) is 12.8 Å². The van der Waals surface area contributed by atoms with E-state index in [1.165, 1.54) is 0 Å². The first-order chi connectivity index (χ1) is 8.63. The normalized spacial score (nSPS) is 24.4.